The van der Waals surface area contributed by atoms with E-state index in [1.165, 1.54) is 11.3 Å². The summed E-state index contributed by atoms with van der Waals surface area (Å²) in [7, 11) is 3.83. The first kappa shape index (κ1) is 21.0. The van der Waals surface area contributed by atoms with Crippen molar-refractivity contribution in [3.05, 3.63) is 68.9 Å². The zero-order chi connectivity index (χ0) is 21.1. The van der Waals surface area contributed by atoms with Gasteiger partial charge in [-0.05, 0) is 33.5 Å². The number of nitrogens with zero attached hydrogens (tertiary/aromatic N) is 3. The predicted octanol–water partition coefficient (Wildman–Crippen LogP) is 3.24. The molecule has 0 aliphatic carbocycles. The van der Waals surface area contributed by atoms with Crippen molar-refractivity contribution in [2.75, 3.05) is 27.2 Å². The molecule has 0 saturated heterocycles. The van der Waals surface area contributed by atoms with Gasteiger partial charge < -0.3 is 14.9 Å². The molecule has 2 heterocycles. The molecule has 1 aliphatic heterocycles. The Kier molecular flexibility index (Phi) is 6.30. The van der Waals surface area contributed by atoms with Gasteiger partial charge in [-0.25, -0.2) is 4.98 Å². The van der Waals surface area contributed by atoms with E-state index in [4.69, 9.17) is 0 Å². The molecule has 1 aromatic heterocycles. The van der Waals surface area contributed by atoms with Gasteiger partial charge in [0.25, 0.3) is 5.91 Å². The highest BCUT2D eigenvalue weighted by Gasteiger charge is 2.42. The van der Waals surface area contributed by atoms with Gasteiger partial charge in [0, 0.05) is 13.1 Å². The molecule has 3 rings (SSSR count). The molecule has 1 N–H and O–H groups in total. The molecule has 1 amide bonds. The van der Waals surface area contributed by atoms with Crippen LogP contribution >= 0.6 is 11.3 Å². The number of likely N-dealkylation sites (N-methyl/N-ethyl adjacent to an activating group) is 1. The number of rotatable bonds is 7. The second kappa shape index (κ2) is 8.71. The molecule has 2 aromatic rings. The molecule has 1 unspecified atom stereocenters. The molecule has 0 spiro atoms. The minimum Gasteiger partial charge on any atom is -0.503 e. The van der Waals surface area contributed by atoms with Gasteiger partial charge in [-0.1, -0.05) is 42.5 Å². The Labute approximate surface area is 174 Å². The Morgan fingerprint density at radius 2 is 1.97 bits per heavy atom. The Hall–Kier alpha value is -2.77. The number of amides is 1. The number of Topliss-reactive ketones (excluding diaryl/α,β-unsaturated/α-hetero) is 1. The first-order chi connectivity index (χ1) is 13.8. The number of benzene rings is 1. The molecule has 29 heavy (non-hydrogen) atoms. The van der Waals surface area contributed by atoms with Crippen LogP contribution in [0.5, 0.6) is 0 Å². The van der Waals surface area contributed by atoms with Crippen molar-refractivity contribution in [3.8, 4) is 0 Å². The quantitative estimate of drug-likeness (QED) is 0.708. The van der Waals surface area contributed by atoms with Crippen LogP contribution in [0.3, 0.4) is 0 Å². The maximum Gasteiger partial charge on any atom is 0.290 e. The van der Waals surface area contributed by atoms with E-state index in [0.29, 0.717) is 23.7 Å². The summed E-state index contributed by atoms with van der Waals surface area (Å²) in [4.78, 5) is 34.3. The summed E-state index contributed by atoms with van der Waals surface area (Å²) in [6, 6.07) is 9.03. The largest absolute Gasteiger partial charge is 0.503 e. The Balaban J connectivity index is 2.00. The lowest BCUT2D eigenvalue weighted by molar-refractivity contribution is -0.128. The summed E-state index contributed by atoms with van der Waals surface area (Å²) < 4.78 is 0. The fourth-order valence-electron chi connectivity index (χ4n) is 3.29. The van der Waals surface area contributed by atoms with Crippen molar-refractivity contribution >= 4 is 29.1 Å². The van der Waals surface area contributed by atoms with E-state index in [1.54, 1.807) is 11.8 Å². The number of aliphatic hydroxyl groups is 1. The summed E-state index contributed by atoms with van der Waals surface area (Å²) in [5, 5.41) is 11.4. The molecular formula is C22H25N3O3S. The van der Waals surface area contributed by atoms with E-state index in [1.807, 2.05) is 68.4 Å². The lowest BCUT2D eigenvalue weighted by atomic mass is 10.0. The van der Waals surface area contributed by atoms with Crippen molar-refractivity contribution < 1.29 is 14.7 Å². The van der Waals surface area contributed by atoms with Gasteiger partial charge in [-0.3, -0.25) is 9.59 Å². The highest BCUT2D eigenvalue weighted by atomic mass is 32.1. The number of ketones is 1. The number of hydrogen-bond acceptors (Lipinski definition) is 6. The third-order valence-corrected chi connectivity index (χ3v) is 5.83. The molecular weight excluding hydrogens is 386 g/mol. The number of thiazole rings is 1. The zero-order valence-electron chi connectivity index (χ0n) is 17.0. The predicted molar refractivity (Wildman–Crippen MR) is 115 cm³/mol. The molecule has 0 fully saturated rings. The van der Waals surface area contributed by atoms with Crippen LogP contribution in [0.15, 0.2) is 47.7 Å². The van der Waals surface area contributed by atoms with Gasteiger partial charge >= 0.3 is 0 Å². The van der Waals surface area contributed by atoms with E-state index < -0.39 is 17.7 Å². The number of aromatic nitrogens is 1. The molecule has 1 aliphatic rings. The van der Waals surface area contributed by atoms with Crippen molar-refractivity contribution in [2.24, 2.45) is 0 Å². The van der Waals surface area contributed by atoms with E-state index >= 15 is 0 Å². The minimum atomic E-state index is -0.628. The lowest BCUT2D eigenvalue weighted by Crippen LogP contribution is -2.40. The maximum atomic E-state index is 13.3. The molecule has 1 atom stereocenters. The van der Waals surface area contributed by atoms with Crippen LogP contribution in [-0.2, 0) is 4.79 Å². The van der Waals surface area contributed by atoms with Crippen LogP contribution in [0.1, 0.15) is 25.9 Å². The van der Waals surface area contributed by atoms with Gasteiger partial charge in [0.15, 0.2) is 5.76 Å². The fourth-order valence-corrected chi connectivity index (χ4v) is 4.17. The molecule has 0 saturated carbocycles. The zero-order valence-corrected chi connectivity index (χ0v) is 17.9. The highest BCUT2D eigenvalue weighted by Crippen LogP contribution is 2.31. The van der Waals surface area contributed by atoms with E-state index in [9.17, 15) is 14.7 Å². The SMILES string of the molecule is Cc1nc(C)c(C(=O)C2=C(O)C(=O)N(CCN(C)C)C2/C=C/c2ccccc2)s1. The Morgan fingerprint density at radius 1 is 1.28 bits per heavy atom. The molecule has 0 bridgehead atoms. The number of carbonyl (C=O) groups is 2. The third kappa shape index (κ3) is 4.46. The Morgan fingerprint density at radius 3 is 2.55 bits per heavy atom. The average molecular weight is 412 g/mol. The molecule has 152 valence electrons. The monoisotopic (exact) mass is 411 g/mol. The molecule has 1 aromatic carbocycles. The molecule has 0 radical (unpaired) electrons. The van der Waals surface area contributed by atoms with Gasteiger partial charge in [-0.15, -0.1) is 11.3 Å². The van der Waals surface area contributed by atoms with E-state index in [2.05, 4.69) is 4.98 Å². The minimum absolute atomic E-state index is 0.118. The van der Waals surface area contributed by atoms with E-state index in [-0.39, 0.29) is 11.4 Å². The fraction of sp³-hybridized carbons (Fsp3) is 0.318. The van der Waals surface area contributed by atoms with Gasteiger partial charge in [0.1, 0.15) is 0 Å². The second-order valence-corrected chi connectivity index (χ2v) is 8.46. The summed E-state index contributed by atoms with van der Waals surface area (Å²) in [6.45, 7) is 4.62. The van der Waals surface area contributed by atoms with Gasteiger partial charge in [-0.2, -0.15) is 0 Å². The van der Waals surface area contributed by atoms with Crippen LogP contribution in [-0.4, -0.2) is 64.8 Å². The number of aliphatic hydroxyl groups excluding tert-OH is 1. The normalized spacial score (nSPS) is 17.2. The standard InChI is InChI=1S/C22H25N3O3S/c1-14-21(29-15(2)23-14)19(26)18-17(11-10-16-8-6-5-7-9-16)25(13-12-24(3)4)22(28)20(18)27/h5-11,17,27H,12-13H2,1-4H3/b11-10+. The van der Waals surface area contributed by atoms with Crippen molar-refractivity contribution in [2.45, 2.75) is 19.9 Å². The summed E-state index contributed by atoms with van der Waals surface area (Å²) >= 11 is 1.28. The highest BCUT2D eigenvalue weighted by molar-refractivity contribution is 7.14. The first-order valence-electron chi connectivity index (χ1n) is 9.40. The van der Waals surface area contributed by atoms with Crippen LogP contribution in [0.2, 0.25) is 0 Å². The van der Waals surface area contributed by atoms with Gasteiger partial charge in [0.05, 0.1) is 27.2 Å². The maximum absolute atomic E-state index is 13.3. The number of carbonyl (C=O) groups excluding carboxylic acids is 2. The van der Waals surface area contributed by atoms with Crippen molar-refractivity contribution in [1.29, 1.82) is 0 Å². The van der Waals surface area contributed by atoms with Crippen LogP contribution < -0.4 is 0 Å². The first-order valence-corrected chi connectivity index (χ1v) is 10.2. The second-order valence-electron chi connectivity index (χ2n) is 7.26. The van der Waals surface area contributed by atoms with Crippen LogP contribution in [0, 0.1) is 13.8 Å². The van der Waals surface area contributed by atoms with Crippen LogP contribution in [0.25, 0.3) is 6.08 Å². The molecule has 6 nitrogen and oxygen atoms in total. The van der Waals surface area contributed by atoms with E-state index in [0.717, 1.165) is 10.6 Å². The third-order valence-electron chi connectivity index (χ3n) is 4.76. The molecule has 7 heteroatoms. The van der Waals surface area contributed by atoms with Crippen molar-refractivity contribution in [3.63, 3.8) is 0 Å². The van der Waals surface area contributed by atoms with Crippen LogP contribution in [0.4, 0.5) is 0 Å². The van der Waals surface area contributed by atoms with Crippen molar-refractivity contribution in [1.82, 2.24) is 14.8 Å². The lowest BCUT2D eigenvalue weighted by Gasteiger charge is -2.25. The number of hydrogen-bond donors (Lipinski definition) is 1. The Bertz CT molecular complexity index is 976. The average Bonchev–Trinajstić information content (AvgIpc) is 3.14. The van der Waals surface area contributed by atoms with Gasteiger partial charge in [0.2, 0.25) is 5.78 Å². The topological polar surface area (TPSA) is 73.7 Å². The summed E-state index contributed by atoms with van der Waals surface area (Å²) in [5.74, 6) is -1.33. The summed E-state index contributed by atoms with van der Waals surface area (Å²) in [5.41, 5.74) is 1.69. The number of aryl methyl sites for hydroxylation is 2. The smallest absolute Gasteiger partial charge is 0.290 e. The summed E-state index contributed by atoms with van der Waals surface area (Å²) in [6.07, 6.45) is 3.68.